The maximum Gasteiger partial charge on any atom is 0.0819 e. The molecule has 0 fully saturated rings. The predicted molar refractivity (Wildman–Crippen MR) is 48.8 cm³/mol. The molecule has 1 N–H and O–H groups in total. The first-order valence-electron chi connectivity index (χ1n) is 3.40. The Morgan fingerprint density at radius 1 is 1.20 bits per heavy atom. The van der Waals surface area contributed by atoms with Gasteiger partial charge in [0.25, 0.3) is 0 Å². The summed E-state index contributed by atoms with van der Waals surface area (Å²) in [6, 6.07) is 0. The van der Waals surface area contributed by atoms with E-state index in [0.717, 1.165) is 25.7 Å². The second-order valence-electron chi connectivity index (χ2n) is 2.16. The first-order valence-corrected chi connectivity index (χ1v) is 4.43. The highest BCUT2D eigenvalue weighted by molar-refractivity contribution is 7.99. The molecular weight excluding hydrogens is 168 g/mol. The van der Waals surface area contributed by atoms with Crippen LogP contribution in [0.5, 0.6) is 0 Å². The first kappa shape index (κ1) is 10.6. The van der Waals surface area contributed by atoms with Crippen molar-refractivity contribution in [3.05, 3.63) is 0 Å². The molecule has 0 unspecified atom stereocenters. The smallest absolute Gasteiger partial charge is 0.0819 e. The number of hydrogen-bond acceptors (Lipinski definition) is 4. The van der Waals surface area contributed by atoms with Gasteiger partial charge in [-0.15, -0.1) is 0 Å². The summed E-state index contributed by atoms with van der Waals surface area (Å²) in [4.78, 5) is 3.91. The molecule has 0 saturated carbocycles. The van der Waals surface area contributed by atoms with Crippen molar-refractivity contribution in [2.24, 2.45) is 0 Å². The minimum absolute atomic E-state index is 0.190. The number of rotatable bonds is 6. The minimum Gasteiger partial charge on any atom is -0.252 e. The Hall–Kier alpha value is 0.620. The summed E-state index contributed by atoms with van der Waals surface area (Å²) < 4.78 is 0.190. The highest BCUT2D eigenvalue weighted by atomic mass is 32.2. The summed E-state index contributed by atoms with van der Waals surface area (Å²) in [5.74, 6) is 0. The van der Waals surface area contributed by atoms with Gasteiger partial charge in [0, 0.05) is 4.58 Å². The van der Waals surface area contributed by atoms with Crippen LogP contribution >= 0.6 is 25.3 Å². The van der Waals surface area contributed by atoms with Crippen molar-refractivity contribution < 1.29 is 10.1 Å². The lowest BCUT2D eigenvalue weighted by Gasteiger charge is -2.01. The quantitative estimate of drug-likeness (QED) is 0.193. The Morgan fingerprint density at radius 3 is 2.40 bits per heavy atom. The van der Waals surface area contributed by atoms with Gasteiger partial charge in [0.1, 0.15) is 0 Å². The molecular formula is C6H14O2S2. The molecule has 0 rings (SSSR count). The molecule has 62 valence electrons. The van der Waals surface area contributed by atoms with E-state index in [1.54, 1.807) is 0 Å². The zero-order valence-electron chi connectivity index (χ0n) is 5.86. The Bertz CT molecular complexity index is 68.8. The third-order valence-corrected chi connectivity index (χ3v) is 1.71. The molecule has 4 heteroatoms. The molecule has 0 aliphatic heterocycles. The van der Waals surface area contributed by atoms with Crippen molar-refractivity contribution >= 4 is 25.3 Å². The summed E-state index contributed by atoms with van der Waals surface area (Å²) in [5, 5.41) is 7.94. The van der Waals surface area contributed by atoms with Crippen LogP contribution in [0.4, 0.5) is 0 Å². The summed E-state index contributed by atoms with van der Waals surface area (Å²) in [6.07, 6.45) is 4.08. The normalized spacial score (nSPS) is 10.8. The van der Waals surface area contributed by atoms with E-state index in [9.17, 15) is 0 Å². The van der Waals surface area contributed by atoms with Crippen LogP contribution in [0.3, 0.4) is 0 Å². The Labute approximate surface area is 72.7 Å². The number of hydrogen-bond donors (Lipinski definition) is 3. The van der Waals surface area contributed by atoms with Gasteiger partial charge < -0.3 is 0 Å². The number of unbranched alkanes of at least 4 members (excludes halogenated alkanes) is 2. The van der Waals surface area contributed by atoms with Crippen molar-refractivity contribution in [2.45, 2.75) is 30.3 Å². The van der Waals surface area contributed by atoms with Crippen LogP contribution in [-0.2, 0) is 4.89 Å². The topological polar surface area (TPSA) is 29.5 Å². The van der Waals surface area contributed by atoms with Gasteiger partial charge in [-0.3, -0.25) is 5.26 Å². The fourth-order valence-electron chi connectivity index (χ4n) is 0.670. The molecule has 0 atom stereocenters. The van der Waals surface area contributed by atoms with Gasteiger partial charge in [0.2, 0.25) is 0 Å². The summed E-state index contributed by atoms with van der Waals surface area (Å²) in [6.45, 7) is 0.434. The van der Waals surface area contributed by atoms with E-state index in [-0.39, 0.29) is 4.58 Å². The highest BCUT2D eigenvalue weighted by Crippen LogP contribution is 2.10. The van der Waals surface area contributed by atoms with Gasteiger partial charge in [-0.2, -0.15) is 25.3 Å². The lowest BCUT2D eigenvalue weighted by molar-refractivity contribution is -0.242. The van der Waals surface area contributed by atoms with Crippen molar-refractivity contribution in [3.8, 4) is 0 Å². The van der Waals surface area contributed by atoms with E-state index in [0.29, 0.717) is 6.61 Å². The van der Waals surface area contributed by atoms with Crippen molar-refractivity contribution in [1.29, 1.82) is 0 Å². The van der Waals surface area contributed by atoms with Crippen LogP contribution in [0.25, 0.3) is 0 Å². The molecule has 0 aliphatic rings. The summed E-state index contributed by atoms with van der Waals surface area (Å²) in [7, 11) is 0. The lowest BCUT2D eigenvalue weighted by Crippen LogP contribution is -1.91. The summed E-state index contributed by atoms with van der Waals surface area (Å²) >= 11 is 8.21. The van der Waals surface area contributed by atoms with Gasteiger partial charge in [-0.05, 0) is 12.8 Å². The van der Waals surface area contributed by atoms with Crippen LogP contribution in [0, 0.1) is 0 Å². The molecule has 0 heterocycles. The minimum atomic E-state index is 0.190. The van der Waals surface area contributed by atoms with Gasteiger partial charge in [-0.1, -0.05) is 12.8 Å². The van der Waals surface area contributed by atoms with Crippen LogP contribution in [0.2, 0.25) is 0 Å². The zero-order chi connectivity index (χ0) is 7.82. The summed E-state index contributed by atoms with van der Waals surface area (Å²) in [5.41, 5.74) is 0. The monoisotopic (exact) mass is 182 g/mol. The van der Waals surface area contributed by atoms with Crippen LogP contribution in [-0.4, -0.2) is 16.4 Å². The van der Waals surface area contributed by atoms with E-state index in [1.165, 1.54) is 0 Å². The molecule has 0 aromatic rings. The maximum absolute atomic E-state index is 7.94. The van der Waals surface area contributed by atoms with Crippen LogP contribution < -0.4 is 0 Å². The average molecular weight is 182 g/mol. The fourth-order valence-corrected chi connectivity index (χ4v) is 1.04. The Kier molecular flexibility index (Phi) is 8.20. The average Bonchev–Trinajstić information content (AvgIpc) is 1.87. The fraction of sp³-hybridized carbons (Fsp3) is 1.00. The standard InChI is InChI=1S/C6H14O2S2/c7-8-5-3-1-2-4-6(9)10/h6-7,9-10H,1-5H2. The van der Waals surface area contributed by atoms with Crippen molar-refractivity contribution in [3.63, 3.8) is 0 Å². The maximum atomic E-state index is 7.94. The van der Waals surface area contributed by atoms with E-state index in [4.69, 9.17) is 5.26 Å². The van der Waals surface area contributed by atoms with Gasteiger partial charge in [-0.25, -0.2) is 4.89 Å². The first-order chi connectivity index (χ1) is 4.77. The molecule has 0 amide bonds. The molecule has 0 saturated heterocycles. The van der Waals surface area contributed by atoms with Crippen LogP contribution in [0.15, 0.2) is 0 Å². The molecule has 0 spiro atoms. The van der Waals surface area contributed by atoms with E-state index < -0.39 is 0 Å². The van der Waals surface area contributed by atoms with Crippen molar-refractivity contribution in [1.82, 2.24) is 0 Å². The Morgan fingerprint density at radius 2 is 1.90 bits per heavy atom. The molecule has 0 radical (unpaired) electrons. The molecule has 0 bridgehead atoms. The third-order valence-electron chi connectivity index (χ3n) is 1.20. The zero-order valence-corrected chi connectivity index (χ0v) is 7.65. The van der Waals surface area contributed by atoms with Gasteiger partial charge in [0.05, 0.1) is 6.61 Å². The second-order valence-corrected chi connectivity index (χ2v) is 3.82. The van der Waals surface area contributed by atoms with Gasteiger partial charge in [0.15, 0.2) is 0 Å². The third kappa shape index (κ3) is 8.62. The van der Waals surface area contributed by atoms with Crippen molar-refractivity contribution in [2.75, 3.05) is 6.61 Å². The lowest BCUT2D eigenvalue weighted by atomic mass is 10.2. The van der Waals surface area contributed by atoms with E-state index >= 15 is 0 Å². The predicted octanol–water partition coefficient (Wildman–Crippen LogP) is 2.22. The highest BCUT2D eigenvalue weighted by Gasteiger charge is 1.94. The van der Waals surface area contributed by atoms with Gasteiger partial charge >= 0.3 is 0 Å². The Balaban J connectivity index is 2.77. The SMILES string of the molecule is OOCCCCCC(S)S. The molecule has 2 nitrogen and oxygen atoms in total. The van der Waals surface area contributed by atoms with Crippen LogP contribution in [0.1, 0.15) is 25.7 Å². The molecule has 0 aliphatic carbocycles. The molecule has 0 aromatic heterocycles. The molecule has 0 aromatic carbocycles. The molecule has 10 heavy (non-hydrogen) atoms. The number of thiol groups is 2. The van der Waals surface area contributed by atoms with E-state index in [2.05, 4.69) is 30.1 Å². The second kappa shape index (κ2) is 7.72. The largest absolute Gasteiger partial charge is 0.252 e. The van der Waals surface area contributed by atoms with E-state index in [1.807, 2.05) is 0 Å².